The van der Waals surface area contributed by atoms with Crippen LogP contribution in [0, 0.1) is 0 Å². The van der Waals surface area contributed by atoms with Gasteiger partial charge in [0.2, 0.25) is 11.8 Å². The molecule has 6 heteroatoms. The number of hydrogen-bond donors (Lipinski definition) is 0. The summed E-state index contributed by atoms with van der Waals surface area (Å²) in [5.41, 5.74) is 1.76. The average Bonchev–Trinajstić information content (AvgIpc) is 2.64. The number of benzene rings is 1. The molecule has 0 saturated carbocycles. The molecule has 0 aliphatic heterocycles. The molecular weight excluding hydrogens is 318 g/mol. The molecule has 0 unspecified atom stereocenters. The first-order valence-electron chi connectivity index (χ1n) is 8.06. The highest BCUT2D eigenvalue weighted by atomic mass is 16.5. The molecule has 6 nitrogen and oxygen atoms in total. The normalized spacial score (nSPS) is 10.2. The molecule has 0 saturated heterocycles. The van der Waals surface area contributed by atoms with Crippen molar-refractivity contribution in [3.05, 3.63) is 54.4 Å². The van der Waals surface area contributed by atoms with Crippen molar-refractivity contribution in [2.45, 2.75) is 13.3 Å². The Kier molecular flexibility index (Phi) is 6.51. The Morgan fingerprint density at radius 2 is 1.88 bits per heavy atom. The molecule has 2 aromatic rings. The van der Waals surface area contributed by atoms with Crippen molar-refractivity contribution < 1.29 is 14.3 Å². The van der Waals surface area contributed by atoms with Gasteiger partial charge >= 0.3 is 0 Å². The molecule has 0 spiro atoms. The van der Waals surface area contributed by atoms with Crippen molar-refractivity contribution in [2.75, 3.05) is 32.1 Å². The van der Waals surface area contributed by atoms with E-state index in [0.29, 0.717) is 18.0 Å². The second-order valence-corrected chi connectivity index (χ2v) is 5.73. The minimum Gasteiger partial charge on any atom is -0.497 e. The van der Waals surface area contributed by atoms with Gasteiger partial charge in [0, 0.05) is 44.7 Å². The highest BCUT2D eigenvalue weighted by molar-refractivity contribution is 5.97. The summed E-state index contributed by atoms with van der Waals surface area (Å²) in [6, 6.07) is 11.0. The standard InChI is InChI=1S/C19H23N3O3/c1-15(23)22(17-5-4-6-18(13-17)25-3)14-19(24)21(2)12-9-16-7-10-20-11-8-16/h4-8,10-11,13H,9,12,14H2,1-3H3. The predicted molar refractivity (Wildman–Crippen MR) is 96.6 cm³/mol. The molecular formula is C19H23N3O3. The Morgan fingerprint density at radius 1 is 1.16 bits per heavy atom. The van der Waals surface area contributed by atoms with Gasteiger partial charge in [-0.2, -0.15) is 0 Å². The summed E-state index contributed by atoms with van der Waals surface area (Å²) in [6.45, 7) is 2.02. The molecule has 132 valence electrons. The van der Waals surface area contributed by atoms with Crippen LogP contribution in [0.1, 0.15) is 12.5 Å². The van der Waals surface area contributed by atoms with Gasteiger partial charge in [-0.25, -0.2) is 0 Å². The van der Waals surface area contributed by atoms with Gasteiger partial charge in [-0.05, 0) is 36.2 Å². The summed E-state index contributed by atoms with van der Waals surface area (Å²) >= 11 is 0. The van der Waals surface area contributed by atoms with E-state index in [1.807, 2.05) is 12.1 Å². The number of amides is 2. The van der Waals surface area contributed by atoms with Crippen LogP contribution in [-0.2, 0) is 16.0 Å². The number of ether oxygens (including phenoxy) is 1. The molecule has 1 aromatic heterocycles. The fraction of sp³-hybridized carbons (Fsp3) is 0.316. The van der Waals surface area contributed by atoms with Gasteiger partial charge in [-0.1, -0.05) is 6.07 Å². The van der Waals surface area contributed by atoms with Crippen LogP contribution in [0.25, 0.3) is 0 Å². The van der Waals surface area contributed by atoms with Crippen molar-refractivity contribution >= 4 is 17.5 Å². The van der Waals surface area contributed by atoms with E-state index >= 15 is 0 Å². The molecule has 1 aromatic carbocycles. The first kappa shape index (κ1) is 18.4. The number of carbonyl (C=O) groups excluding carboxylic acids is 2. The number of likely N-dealkylation sites (N-methyl/N-ethyl adjacent to an activating group) is 1. The molecule has 0 atom stereocenters. The Balaban J connectivity index is 2.00. The fourth-order valence-electron chi connectivity index (χ4n) is 2.39. The number of nitrogens with zero attached hydrogens (tertiary/aromatic N) is 3. The summed E-state index contributed by atoms with van der Waals surface area (Å²) in [6.07, 6.45) is 4.21. The fourth-order valence-corrected chi connectivity index (χ4v) is 2.39. The molecule has 0 bridgehead atoms. The Hall–Kier alpha value is -2.89. The van der Waals surface area contributed by atoms with Crippen LogP contribution in [0.15, 0.2) is 48.8 Å². The first-order valence-corrected chi connectivity index (χ1v) is 8.06. The number of rotatable bonds is 7. The average molecular weight is 341 g/mol. The van der Waals surface area contributed by atoms with Gasteiger partial charge in [-0.15, -0.1) is 0 Å². The molecule has 1 heterocycles. The number of pyridine rings is 1. The van der Waals surface area contributed by atoms with E-state index in [0.717, 1.165) is 12.0 Å². The van der Waals surface area contributed by atoms with Crippen LogP contribution >= 0.6 is 0 Å². The van der Waals surface area contributed by atoms with Crippen LogP contribution in [0.4, 0.5) is 5.69 Å². The van der Waals surface area contributed by atoms with E-state index in [-0.39, 0.29) is 18.4 Å². The van der Waals surface area contributed by atoms with Crippen LogP contribution < -0.4 is 9.64 Å². The highest BCUT2D eigenvalue weighted by Gasteiger charge is 2.18. The summed E-state index contributed by atoms with van der Waals surface area (Å²) in [7, 11) is 3.31. The largest absolute Gasteiger partial charge is 0.497 e. The molecule has 25 heavy (non-hydrogen) atoms. The van der Waals surface area contributed by atoms with Gasteiger partial charge < -0.3 is 14.5 Å². The van der Waals surface area contributed by atoms with Gasteiger partial charge in [0.1, 0.15) is 12.3 Å². The van der Waals surface area contributed by atoms with E-state index in [4.69, 9.17) is 4.74 Å². The molecule has 0 radical (unpaired) electrons. The lowest BCUT2D eigenvalue weighted by atomic mass is 10.2. The lowest BCUT2D eigenvalue weighted by Gasteiger charge is -2.24. The first-order chi connectivity index (χ1) is 12.0. The van der Waals surface area contributed by atoms with Gasteiger partial charge in [0.05, 0.1) is 7.11 Å². The molecule has 0 N–H and O–H groups in total. The Labute approximate surface area is 148 Å². The monoisotopic (exact) mass is 341 g/mol. The van der Waals surface area contributed by atoms with Gasteiger partial charge in [0.25, 0.3) is 0 Å². The highest BCUT2D eigenvalue weighted by Crippen LogP contribution is 2.21. The lowest BCUT2D eigenvalue weighted by Crippen LogP contribution is -2.41. The van der Waals surface area contributed by atoms with E-state index < -0.39 is 0 Å². The van der Waals surface area contributed by atoms with Crippen LogP contribution in [0.2, 0.25) is 0 Å². The maximum absolute atomic E-state index is 12.5. The van der Waals surface area contributed by atoms with E-state index in [1.54, 1.807) is 55.7 Å². The third-order valence-corrected chi connectivity index (χ3v) is 3.95. The quantitative estimate of drug-likeness (QED) is 0.774. The molecule has 2 amide bonds. The molecule has 0 aliphatic carbocycles. The number of hydrogen-bond acceptors (Lipinski definition) is 4. The van der Waals surface area contributed by atoms with Crippen LogP contribution in [0.3, 0.4) is 0 Å². The predicted octanol–water partition coefficient (Wildman–Crippen LogP) is 2.14. The topological polar surface area (TPSA) is 62.7 Å². The Morgan fingerprint density at radius 3 is 2.52 bits per heavy atom. The summed E-state index contributed by atoms with van der Waals surface area (Å²) in [4.78, 5) is 31.6. The molecule has 0 fully saturated rings. The minimum absolute atomic E-state index is 0.00462. The van der Waals surface area contributed by atoms with Crippen LogP contribution in [-0.4, -0.2) is 48.9 Å². The van der Waals surface area contributed by atoms with Gasteiger partial charge in [-0.3, -0.25) is 14.6 Å². The minimum atomic E-state index is -0.191. The zero-order valence-corrected chi connectivity index (χ0v) is 14.8. The zero-order chi connectivity index (χ0) is 18.2. The van der Waals surface area contributed by atoms with Crippen molar-refractivity contribution in [3.63, 3.8) is 0 Å². The number of methoxy groups -OCH3 is 1. The SMILES string of the molecule is COc1cccc(N(CC(=O)N(C)CCc2ccncc2)C(C)=O)c1. The van der Waals surface area contributed by atoms with E-state index in [2.05, 4.69) is 4.98 Å². The third kappa shape index (κ3) is 5.31. The smallest absolute Gasteiger partial charge is 0.242 e. The number of anilines is 1. The summed E-state index contributed by atoms with van der Waals surface area (Å²) in [5.74, 6) is 0.332. The van der Waals surface area contributed by atoms with Crippen molar-refractivity contribution in [1.29, 1.82) is 0 Å². The third-order valence-electron chi connectivity index (χ3n) is 3.95. The number of aromatic nitrogens is 1. The van der Waals surface area contributed by atoms with Crippen molar-refractivity contribution in [2.24, 2.45) is 0 Å². The molecule has 0 aliphatic rings. The van der Waals surface area contributed by atoms with Crippen LogP contribution in [0.5, 0.6) is 5.75 Å². The van der Waals surface area contributed by atoms with Crippen molar-refractivity contribution in [1.82, 2.24) is 9.88 Å². The summed E-state index contributed by atoms with van der Waals surface area (Å²) in [5, 5.41) is 0. The van der Waals surface area contributed by atoms with Gasteiger partial charge in [0.15, 0.2) is 0 Å². The number of carbonyl (C=O) groups is 2. The van der Waals surface area contributed by atoms with E-state index in [9.17, 15) is 9.59 Å². The zero-order valence-electron chi connectivity index (χ0n) is 14.8. The Bertz CT molecular complexity index is 719. The molecule has 2 rings (SSSR count). The lowest BCUT2D eigenvalue weighted by molar-refractivity contribution is -0.130. The van der Waals surface area contributed by atoms with Crippen molar-refractivity contribution in [3.8, 4) is 5.75 Å². The maximum atomic E-state index is 12.5. The second-order valence-electron chi connectivity index (χ2n) is 5.73. The van der Waals surface area contributed by atoms with E-state index in [1.165, 1.54) is 11.8 Å². The second kappa shape index (κ2) is 8.82. The maximum Gasteiger partial charge on any atom is 0.242 e. The summed E-state index contributed by atoms with van der Waals surface area (Å²) < 4.78 is 5.19.